The summed E-state index contributed by atoms with van der Waals surface area (Å²) in [5, 5.41) is 5.41. The molecule has 0 aromatic carbocycles. The van der Waals surface area contributed by atoms with Crippen molar-refractivity contribution in [2.24, 2.45) is 0 Å². The minimum Gasteiger partial charge on any atom is -0.296 e. The van der Waals surface area contributed by atoms with Crippen molar-refractivity contribution in [3.63, 3.8) is 0 Å². The van der Waals surface area contributed by atoms with E-state index in [9.17, 15) is 4.79 Å². The second-order valence-electron chi connectivity index (χ2n) is 4.55. The summed E-state index contributed by atoms with van der Waals surface area (Å²) >= 11 is 1.54. The van der Waals surface area contributed by atoms with Crippen LogP contribution in [0, 0.1) is 6.92 Å². The van der Waals surface area contributed by atoms with Crippen LogP contribution in [0.5, 0.6) is 0 Å². The lowest BCUT2D eigenvalue weighted by molar-refractivity contribution is 0.111. The van der Waals surface area contributed by atoms with Crippen molar-refractivity contribution in [1.29, 1.82) is 0 Å². The standard InChI is InChI=1S/C10H13N3OS/c1-6-7(5-14)13-9(11-6)15-8(12-13)10(2,3)4/h5H,1-4H3. The number of aldehydes is 1. The molecule has 2 aromatic heterocycles. The number of aryl methyl sites for hydroxylation is 1. The number of hydrogen-bond acceptors (Lipinski definition) is 4. The van der Waals surface area contributed by atoms with Gasteiger partial charge >= 0.3 is 0 Å². The molecule has 0 aliphatic carbocycles. The summed E-state index contributed by atoms with van der Waals surface area (Å²) in [5.41, 5.74) is 1.29. The van der Waals surface area contributed by atoms with E-state index >= 15 is 0 Å². The van der Waals surface area contributed by atoms with Crippen LogP contribution >= 0.6 is 11.3 Å². The van der Waals surface area contributed by atoms with Gasteiger partial charge in [-0.25, -0.2) is 4.98 Å². The van der Waals surface area contributed by atoms with Gasteiger partial charge in [0.2, 0.25) is 4.96 Å². The molecule has 0 saturated carbocycles. The minimum absolute atomic E-state index is 0.000570. The number of fused-ring (bicyclic) bond motifs is 1. The lowest BCUT2D eigenvalue weighted by Crippen LogP contribution is -2.11. The van der Waals surface area contributed by atoms with Gasteiger partial charge in [-0.2, -0.15) is 9.61 Å². The van der Waals surface area contributed by atoms with E-state index in [0.29, 0.717) is 5.69 Å². The molecule has 4 nitrogen and oxygen atoms in total. The Kier molecular flexibility index (Phi) is 2.15. The first-order valence-electron chi connectivity index (χ1n) is 4.75. The summed E-state index contributed by atoms with van der Waals surface area (Å²) in [6, 6.07) is 0. The summed E-state index contributed by atoms with van der Waals surface area (Å²) in [6.45, 7) is 8.11. The van der Waals surface area contributed by atoms with Gasteiger partial charge in [-0.05, 0) is 6.92 Å². The monoisotopic (exact) mass is 223 g/mol. The van der Waals surface area contributed by atoms with Crippen molar-refractivity contribution in [3.05, 3.63) is 16.4 Å². The molecule has 0 fully saturated rings. The van der Waals surface area contributed by atoms with Crippen LogP contribution in [0.2, 0.25) is 0 Å². The van der Waals surface area contributed by atoms with Crippen molar-refractivity contribution in [2.75, 3.05) is 0 Å². The third kappa shape index (κ3) is 1.56. The predicted molar refractivity (Wildman–Crippen MR) is 59.7 cm³/mol. The number of imidazole rings is 1. The van der Waals surface area contributed by atoms with Crippen molar-refractivity contribution in [1.82, 2.24) is 14.6 Å². The highest BCUT2D eigenvalue weighted by Gasteiger charge is 2.21. The van der Waals surface area contributed by atoms with Gasteiger partial charge in [0.05, 0.1) is 5.69 Å². The zero-order valence-electron chi connectivity index (χ0n) is 9.24. The van der Waals surface area contributed by atoms with Gasteiger partial charge in [-0.1, -0.05) is 32.1 Å². The van der Waals surface area contributed by atoms with Crippen LogP contribution in [0.15, 0.2) is 0 Å². The Morgan fingerprint density at radius 2 is 2.07 bits per heavy atom. The molecule has 0 atom stereocenters. The molecule has 0 aliphatic heterocycles. The molecular weight excluding hydrogens is 210 g/mol. The minimum atomic E-state index is -0.000570. The maximum atomic E-state index is 10.9. The summed E-state index contributed by atoms with van der Waals surface area (Å²) in [7, 11) is 0. The Morgan fingerprint density at radius 1 is 1.40 bits per heavy atom. The molecule has 0 unspecified atom stereocenters. The Labute approximate surface area is 91.9 Å². The maximum absolute atomic E-state index is 10.9. The maximum Gasteiger partial charge on any atom is 0.213 e. The number of nitrogens with zero attached hydrogens (tertiary/aromatic N) is 3. The van der Waals surface area contributed by atoms with Crippen molar-refractivity contribution >= 4 is 22.6 Å². The van der Waals surface area contributed by atoms with E-state index in [-0.39, 0.29) is 5.41 Å². The second kappa shape index (κ2) is 3.13. The van der Waals surface area contributed by atoms with Gasteiger partial charge in [0.15, 0.2) is 6.29 Å². The van der Waals surface area contributed by atoms with E-state index in [0.717, 1.165) is 21.9 Å². The SMILES string of the molecule is Cc1nc2sc(C(C)(C)C)nn2c1C=O. The van der Waals surface area contributed by atoms with Crippen molar-refractivity contribution < 1.29 is 4.79 Å². The largest absolute Gasteiger partial charge is 0.296 e. The van der Waals surface area contributed by atoms with Gasteiger partial charge < -0.3 is 0 Å². The molecule has 0 saturated heterocycles. The summed E-state index contributed by atoms with van der Waals surface area (Å²) < 4.78 is 1.63. The van der Waals surface area contributed by atoms with Crippen molar-refractivity contribution in [2.45, 2.75) is 33.1 Å². The molecule has 5 heteroatoms. The topological polar surface area (TPSA) is 47.3 Å². The van der Waals surface area contributed by atoms with Crippen LogP contribution in [-0.2, 0) is 5.41 Å². The molecule has 0 amide bonds. The predicted octanol–water partition coefficient (Wildman–Crippen LogP) is 2.21. The molecule has 80 valence electrons. The molecule has 2 heterocycles. The highest BCUT2D eigenvalue weighted by atomic mass is 32.1. The lowest BCUT2D eigenvalue weighted by Gasteiger charge is -2.12. The Morgan fingerprint density at radius 3 is 2.60 bits per heavy atom. The number of carbonyl (C=O) groups is 1. The fraction of sp³-hybridized carbons (Fsp3) is 0.500. The molecule has 0 radical (unpaired) electrons. The molecule has 15 heavy (non-hydrogen) atoms. The summed E-state index contributed by atoms with van der Waals surface area (Å²) in [6.07, 6.45) is 0.807. The van der Waals surface area contributed by atoms with E-state index in [1.54, 1.807) is 4.52 Å². The van der Waals surface area contributed by atoms with Gasteiger partial charge in [-0.15, -0.1) is 0 Å². The molecule has 0 N–H and O–H groups in total. The average molecular weight is 223 g/mol. The van der Waals surface area contributed by atoms with Crippen LogP contribution < -0.4 is 0 Å². The molecule has 2 rings (SSSR count). The smallest absolute Gasteiger partial charge is 0.213 e. The summed E-state index contributed by atoms with van der Waals surface area (Å²) in [5.74, 6) is 0. The van der Waals surface area contributed by atoms with Crippen LogP contribution in [0.25, 0.3) is 4.96 Å². The second-order valence-corrected chi connectivity index (χ2v) is 5.51. The first kappa shape index (κ1) is 10.3. The first-order valence-corrected chi connectivity index (χ1v) is 5.57. The molecule has 0 bridgehead atoms. The highest BCUT2D eigenvalue weighted by Crippen LogP contribution is 2.27. The Bertz CT molecular complexity index is 518. The zero-order valence-corrected chi connectivity index (χ0v) is 10.1. The fourth-order valence-electron chi connectivity index (χ4n) is 1.30. The Balaban J connectivity index is 2.68. The van der Waals surface area contributed by atoms with Gasteiger partial charge in [-0.3, -0.25) is 4.79 Å². The zero-order chi connectivity index (χ0) is 11.2. The van der Waals surface area contributed by atoms with E-state index in [4.69, 9.17) is 0 Å². The lowest BCUT2D eigenvalue weighted by atomic mass is 9.98. The van der Waals surface area contributed by atoms with Crippen LogP contribution in [0.1, 0.15) is 42.0 Å². The van der Waals surface area contributed by atoms with Crippen molar-refractivity contribution in [3.8, 4) is 0 Å². The molecule has 0 spiro atoms. The number of rotatable bonds is 1. The number of carbonyl (C=O) groups excluding carboxylic acids is 1. The van der Waals surface area contributed by atoms with Crippen LogP contribution in [-0.4, -0.2) is 20.9 Å². The normalized spacial score (nSPS) is 12.3. The highest BCUT2D eigenvalue weighted by molar-refractivity contribution is 7.16. The summed E-state index contributed by atoms with van der Waals surface area (Å²) in [4.78, 5) is 16.0. The van der Waals surface area contributed by atoms with E-state index < -0.39 is 0 Å². The Hall–Kier alpha value is -1.23. The van der Waals surface area contributed by atoms with Crippen LogP contribution in [0.3, 0.4) is 0 Å². The van der Waals surface area contributed by atoms with E-state index in [1.807, 2.05) is 6.92 Å². The third-order valence-corrected chi connectivity index (χ3v) is 3.51. The van der Waals surface area contributed by atoms with Gasteiger partial charge in [0, 0.05) is 5.41 Å². The fourth-order valence-corrected chi connectivity index (χ4v) is 2.31. The van der Waals surface area contributed by atoms with Crippen LogP contribution in [0.4, 0.5) is 0 Å². The third-order valence-electron chi connectivity index (χ3n) is 2.18. The van der Waals surface area contributed by atoms with Gasteiger partial charge in [0.1, 0.15) is 10.7 Å². The molecular formula is C10H13N3OS. The number of hydrogen-bond donors (Lipinski definition) is 0. The van der Waals surface area contributed by atoms with Gasteiger partial charge in [0.25, 0.3) is 0 Å². The quantitative estimate of drug-likeness (QED) is 0.696. The molecule has 0 aliphatic rings. The van der Waals surface area contributed by atoms with E-state index in [1.165, 1.54) is 11.3 Å². The number of aromatic nitrogens is 3. The first-order chi connectivity index (χ1) is 6.93. The van der Waals surface area contributed by atoms with E-state index in [2.05, 4.69) is 30.9 Å². The molecule has 2 aromatic rings. The average Bonchev–Trinajstić information content (AvgIpc) is 2.59.